The Morgan fingerprint density at radius 2 is 1.76 bits per heavy atom. The zero-order valence-electron chi connectivity index (χ0n) is 11.8. The molecule has 0 spiro atoms. The molecule has 2 aromatic rings. The molecule has 0 amide bonds. The summed E-state index contributed by atoms with van der Waals surface area (Å²) in [6.07, 6.45) is -0.391. The van der Waals surface area contributed by atoms with Crippen LogP contribution in [0.3, 0.4) is 0 Å². The third-order valence-corrected chi connectivity index (χ3v) is 4.07. The van der Waals surface area contributed by atoms with Crippen molar-refractivity contribution in [3.05, 3.63) is 57.0 Å². The van der Waals surface area contributed by atoms with Gasteiger partial charge < -0.3 is 14.6 Å². The van der Waals surface area contributed by atoms with Gasteiger partial charge in [-0.15, -0.1) is 0 Å². The smallest absolute Gasteiger partial charge is 0.128 e. The maximum Gasteiger partial charge on any atom is 0.128 e. The normalized spacial score (nSPS) is 12.0. The first-order valence-corrected chi connectivity index (χ1v) is 7.56. The fraction of sp³-hybridized carbons (Fsp3) is 0.250. The van der Waals surface area contributed by atoms with Gasteiger partial charge in [-0.05, 0) is 29.8 Å². The van der Waals surface area contributed by atoms with E-state index in [0.717, 1.165) is 10.0 Å². The molecular weight excluding hydrogens is 356 g/mol. The molecule has 5 heteroatoms. The Labute approximate surface area is 137 Å². The number of aliphatic hydroxyl groups is 1. The molecule has 1 N–H and O–H groups in total. The van der Waals surface area contributed by atoms with Crippen LogP contribution in [0.4, 0.5) is 0 Å². The van der Waals surface area contributed by atoms with E-state index in [0.29, 0.717) is 28.5 Å². The molecule has 3 nitrogen and oxygen atoms in total. The van der Waals surface area contributed by atoms with Gasteiger partial charge in [0.15, 0.2) is 0 Å². The maximum atomic E-state index is 10.6. The van der Waals surface area contributed by atoms with E-state index in [2.05, 4.69) is 15.9 Å². The van der Waals surface area contributed by atoms with Crippen LogP contribution in [0, 0.1) is 0 Å². The van der Waals surface area contributed by atoms with Gasteiger partial charge in [-0.25, -0.2) is 0 Å². The average Bonchev–Trinajstić information content (AvgIpc) is 2.49. The minimum Gasteiger partial charge on any atom is -0.496 e. The Hall–Kier alpha value is -1.23. The molecule has 21 heavy (non-hydrogen) atoms. The van der Waals surface area contributed by atoms with Crippen molar-refractivity contribution in [3.8, 4) is 11.5 Å². The highest BCUT2D eigenvalue weighted by atomic mass is 79.9. The molecule has 0 fully saturated rings. The lowest BCUT2D eigenvalue weighted by molar-refractivity contribution is 0.169. The highest BCUT2D eigenvalue weighted by Crippen LogP contribution is 2.36. The van der Waals surface area contributed by atoms with Crippen molar-refractivity contribution >= 4 is 27.5 Å². The van der Waals surface area contributed by atoms with Crippen LogP contribution < -0.4 is 9.47 Å². The molecule has 1 atom stereocenters. The van der Waals surface area contributed by atoms with Gasteiger partial charge in [0.25, 0.3) is 0 Å². The zero-order valence-corrected chi connectivity index (χ0v) is 14.1. The molecule has 2 rings (SSSR count). The van der Waals surface area contributed by atoms with E-state index in [1.807, 2.05) is 24.3 Å². The fourth-order valence-corrected chi connectivity index (χ4v) is 2.96. The third-order valence-electron chi connectivity index (χ3n) is 3.23. The van der Waals surface area contributed by atoms with Crippen LogP contribution in [0.5, 0.6) is 11.5 Å². The van der Waals surface area contributed by atoms with Gasteiger partial charge in [-0.2, -0.15) is 0 Å². The Kier molecular flexibility index (Phi) is 5.51. The summed E-state index contributed by atoms with van der Waals surface area (Å²) in [5, 5.41) is 11.2. The van der Waals surface area contributed by atoms with Gasteiger partial charge in [0.1, 0.15) is 11.5 Å². The number of rotatable bonds is 5. The van der Waals surface area contributed by atoms with Crippen molar-refractivity contribution in [2.24, 2.45) is 0 Å². The number of halogens is 2. The summed E-state index contributed by atoms with van der Waals surface area (Å²) in [5.74, 6) is 1.19. The molecule has 2 aromatic carbocycles. The standard InChI is InChI=1S/C16H16BrClO3/c1-20-14-4-3-5-15(21-2)16(14)13(19)8-10-6-7-11(17)9-12(10)18/h3-7,9,13,19H,8H2,1-2H3. The highest BCUT2D eigenvalue weighted by molar-refractivity contribution is 9.10. The van der Waals surface area contributed by atoms with E-state index in [4.69, 9.17) is 21.1 Å². The molecule has 0 saturated heterocycles. The molecule has 0 aliphatic rings. The first kappa shape index (κ1) is 16.1. The summed E-state index contributed by atoms with van der Waals surface area (Å²) < 4.78 is 11.5. The van der Waals surface area contributed by atoms with Crippen molar-refractivity contribution in [1.29, 1.82) is 0 Å². The van der Waals surface area contributed by atoms with Crippen LogP contribution in [0.1, 0.15) is 17.2 Å². The van der Waals surface area contributed by atoms with Gasteiger partial charge in [-0.1, -0.05) is 39.7 Å². The summed E-state index contributed by atoms with van der Waals surface area (Å²) in [4.78, 5) is 0. The molecule has 0 aliphatic heterocycles. The number of aliphatic hydroxyl groups excluding tert-OH is 1. The predicted octanol–water partition coefficient (Wildman–Crippen LogP) is 4.40. The lowest BCUT2D eigenvalue weighted by atomic mass is 9.99. The van der Waals surface area contributed by atoms with Gasteiger partial charge in [-0.3, -0.25) is 0 Å². The number of benzene rings is 2. The van der Waals surface area contributed by atoms with Gasteiger partial charge in [0.2, 0.25) is 0 Å². The van der Waals surface area contributed by atoms with E-state index in [-0.39, 0.29) is 0 Å². The van der Waals surface area contributed by atoms with E-state index >= 15 is 0 Å². The molecular formula is C16H16BrClO3. The lowest BCUT2D eigenvalue weighted by Gasteiger charge is -2.18. The van der Waals surface area contributed by atoms with E-state index in [1.54, 1.807) is 26.4 Å². The first-order valence-electron chi connectivity index (χ1n) is 6.39. The summed E-state index contributed by atoms with van der Waals surface area (Å²) >= 11 is 9.57. The summed E-state index contributed by atoms with van der Waals surface area (Å²) in [5.41, 5.74) is 1.49. The second-order valence-corrected chi connectivity index (χ2v) is 5.85. The lowest BCUT2D eigenvalue weighted by Crippen LogP contribution is -2.06. The van der Waals surface area contributed by atoms with Crippen molar-refractivity contribution in [2.75, 3.05) is 14.2 Å². The van der Waals surface area contributed by atoms with Gasteiger partial charge in [0.05, 0.1) is 25.9 Å². The number of methoxy groups -OCH3 is 2. The third kappa shape index (κ3) is 3.70. The van der Waals surface area contributed by atoms with Gasteiger partial charge >= 0.3 is 0 Å². The minimum absolute atomic E-state index is 0.378. The largest absolute Gasteiger partial charge is 0.496 e. The Morgan fingerprint density at radius 3 is 2.29 bits per heavy atom. The topological polar surface area (TPSA) is 38.7 Å². The zero-order chi connectivity index (χ0) is 15.4. The van der Waals surface area contributed by atoms with Crippen molar-refractivity contribution in [1.82, 2.24) is 0 Å². The molecule has 0 bridgehead atoms. The SMILES string of the molecule is COc1cccc(OC)c1C(O)Cc1ccc(Br)cc1Cl. The Morgan fingerprint density at radius 1 is 1.14 bits per heavy atom. The Balaban J connectivity index is 2.33. The monoisotopic (exact) mass is 370 g/mol. The fourth-order valence-electron chi connectivity index (χ4n) is 2.21. The molecule has 0 heterocycles. The molecule has 0 radical (unpaired) electrons. The van der Waals surface area contributed by atoms with E-state index in [9.17, 15) is 5.11 Å². The van der Waals surface area contributed by atoms with Crippen molar-refractivity contribution in [3.63, 3.8) is 0 Å². The van der Waals surface area contributed by atoms with Gasteiger partial charge in [0, 0.05) is 15.9 Å². The molecule has 0 saturated carbocycles. The first-order chi connectivity index (χ1) is 10.1. The molecule has 0 aliphatic carbocycles. The number of hydrogen-bond acceptors (Lipinski definition) is 3. The van der Waals surface area contributed by atoms with Crippen molar-refractivity contribution in [2.45, 2.75) is 12.5 Å². The summed E-state index contributed by atoms with van der Waals surface area (Å²) in [6, 6.07) is 11.0. The van der Waals surface area contributed by atoms with E-state index < -0.39 is 6.10 Å². The highest BCUT2D eigenvalue weighted by Gasteiger charge is 2.20. The Bertz CT molecular complexity index is 609. The molecule has 1 unspecified atom stereocenters. The van der Waals surface area contributed by atoms with Crippen LogP contribution >= 0.6 is 27.5 Å². The van der Waals surface area contributed by atoms with Crippen LogP contribution in [-0.4, -0.2) is 19.3 Å². The van der Waals surface area contributed by atoms with Crippen LogP contribution in [-0.2, 0) is 6.42 Å². The van der Waals surface area contributed by atoms with Crippen LogP contribution in [0.2, 0.25) is 5.02 Å². The molecule has 0 aromatic heterocycles. The second-order valence-electron chi connectivity index (χ2n) is 4.53. The molecule has 112 valence electrons. The van der Waals surface area contributed by atoms with Crippen LogP contribution in [0.15, 0.2) is 40.9 Å². The van der Waals surface area contributed by atoms with Crippen LogP contribution in [0.25, 0.3) is 0 Å². The van der Waals surface area contributed by atoms with E-state index in [1.165, 1.54) is 0 Å². The second kappa shape index (κ2) is 7.16. The minimum atomic E-state index is -0.769. The van der Waals surface area contributed by atoms with Crippen molar-refractivity contribution < 1.29 is 14.6 Å². The quantitative estimate of drug-likeness (QED) is 0.847. The summed E-state index contributed by atoms with van der Waals surface area (Å²) in [7, 11) is 3.13. The number of ether oxygens (including phenoxy) is 2. The summed E-state index contributed by atoms with van der Waals surface area (Å²) in [6.45, 7) is 0. The maximum absolute atomic E-state index is 10.6. The predicted molar refractivity (Wildman–Crippen MR) is 87.4 cm³/mol. The average molecular weight is 372 g/mol. The number of hydrogen-bond donors (Lipinski definition) is 1.